The average molecular weight is 444 g/mol. The second-order valence-corrected chi connectivity index (χ2v) is 9.22. The van der Waals surface area contributed by atoms with Gasteiger partial charge in [0, 0.05) is 37.1 Å². The molecule has 10 nitrogen and oxygen atoms in total. The van der Waals surface area contributed by atoms with E-state index in [9.17, 15) is 8.42 Å². The van der Waals surface area contributed by atoms with Crippen molar-refractivity contribution >= 4 is 32.9 Å². The van der Waals surface area contributed by atoms with Crippen molar-refractivity contribution in [2.45, 2.75) is 6.42 Å². The highest BCUT2D eigenvalue weighted by Crippen LogP contribution is 2.32. The highest BCUT2D eigenvalue weighted by atomic mass is 32.2. The summed E-state index contributed by atoms with van der Waals surface area (Å²) in [5.74, 6) is 0.457. The van der Waals surface area contributed by atoms with Crippen LogP contribution in [-0.4, -0.2) is 58.7 Å². The minimum Gasteiger partial charge on any atom is -0.391 e. The Kier molecular flexibility index (Phi) is 5.50. The first-order chi connectivity index (χ1) is 14.5. The standard InChI is InChI=1S/C18H17N7O3S2/c1-3-9-28-24-13-6-8-25(30(2,26)27)17-15(13)21-16(22-23-17)14-11-20-18(29-14)12-5-4-7-19-10-12/h3-5,7,10-11H,1,6,8-9H2,2H3/b24-13+. The lowest BCUT2D eigenvalue weighted by Gasteiger charge is -2.27. The fourth-order valence-corrected chi connectivity index (χ4v) is 4.49. The predicted octanol–water partition coefficient (Wildman–Crippen LogP) is 2.13. The second-order valence-electron chi connectivity index (χ2n) is 6.29. The van der Waals surface area contributed by atoms with Gasteiger partial charge in [0.2, 0.25) is 10.0 Å². The minimum absolute atomic E-state index is 0.130. The number of anilines is 1. The summed E-state index contributed by atoms with van der Waals surface area (Å²) in [7, 11) is -3.54. The van der Waals surface area contributed by atoms with Gasteiger partial charge in [0.15, 0.2) is 11.6 Å². The van der Waals surface area contributed by atoms with E-state index in [-0.39, 0.29) is 19.0 Å². The zero-order chi connectivity index (χ0) is 21.1. The first-order valence-corrected chi connectivity index (χ1v) is 11.5. The molecule has 3 aromatic rings. The number of aromatic nitrogens is 5. The van der Waals surface area contributed by atoms with Crippen molar-refractivity contribution in [3.8, 4) is 21.3 Å². The van der Waals surface area contributed by atoms with Gasteiger partial charge >= 0.3 is 0 Å². The molecule has 0 bridgehead atoms. The van der Waals surface area contributed by atoms with Gasteiger partial charge in [-0.1, -0.05) is 17.8 Å². The van der Waals surface area contributed by atoms with E-state index in [1.54, 1.807) is 24.7 Å². The molecule has 4 heterocycles. The number of hydrogen-bond acceptors (Lipinski definition) is 10. The zero-order valence-corrected chi connectivity index (χ0v) is 17.6. The molecule has 30 heavy (non-hydrogen) atoms. The van der Waals surface area contributed by atoms with E-state index in [0.29, 0.717) is 28.5 Å². The summed E-state index contributed by atoms with van der Waals surface area (Å²) >= 11 is 1.39. The number of pyridine rings is 1. The molecule has 3 aromatic heterocycles. The molecule has 1 aliphatic rings. The van der Waals surface area contributed by atoms with Gasteiger partial charge in [-0.05, 0) is 12.1 Å². The van der Waals surface area contributed by atoms with E-state index in [4.69, 9.17) is 4.84 Å². The summed E-state index contributed by atoms with van der Waals surface area (Å²) in [6.45, 7) is 3.99. The molecule has 0 atom stereocenters. The number of hydrogen-bond donors (Lipinski definition) is 0. The maximum Gasteiger partial charge on any atom is 0.233 e. The summed E-state index contributed by atoms with van der Waals surface area (Å²) in [5.41, 5.74) is 1.69. The molecule has 0 N–H and O–H groups in total. The first-order valence-electron chi connectivity index (χ1n) is 8.86. The predicted molar refractivity (Wildman–Crippen MR) is 114 cm³/mol. The molecule has 0 radical (unpaired) electrons. The summed E-state index contributed by atoms with van der Waals surface area (Å²) in [6, 6.07) is 3.74. The van der Waals surface area contributed by atoms with Crippen LogP contribution in [0.4, 0.5) is 5.82 Å². The third kappa shape index (κ3) is 4.04. The quantitative estimate of drug-likeness (QED) is 0.322. The van der Waals surface area contributed by atoms with Crippen molar-refractivity contribution < 1.29 is 13.3 Å². The topological polar surface area (TPSA) is 123 Å². The average Bonchev–Trinajstić information content (AvgIpc) is 3.24. The lowest BCUT2D eigenvalue weighted by Crippen LogP contribution is -2.38. The van der Waals surface area contributed by atoms with Crippen LogP contribution < -0.4 is 4.31 Å². The number of thiazole rings is 1. The fraction of sp³-hybridized carbons (Fsp3) is 0.222. The Morgan fingerprint density at radius 3 is 2.97 bits per heavy atom. The molecule has 0 unspecified atom stereocenters. The molecule has 0 aliphatic carbocycles. The summed E-state index contributed by atoms with van der Waals surface area (Å²) in [4.78, 5) is 19.0. The van der Waals surface area contributed by atoms with E-state index in [2.05, 4.69) is 36.9 Å². The largest absolute Gasteiger partial charge is 0.391 e. The Balaban J connectivity index is 1.75. The number of oxime groups is 1. The van der Waals surface area contributed by atoms with Crippen molar-refractivity contribution in [1.29, 1.82) is 0 Å². The molecule has 0 saturated heterocycles. The Morgan fingerprint density at radius 2 is 2.23 bits per heavy atom. The molecular formula is C18H17N7O3S2. The van der Waals surface area contributed by atoms with E-state index < -0.39 is 10.0 Å². The lowest BCUT2D eigenvalue weighted by atomic mass is 10.1. The maximum atomic E-state index is 12.2. The van der Waals surface area contributed by atoms with Gasteiger partial charge in [-0.3, -0.25) is 9.29 Å². The van der Waals surface area contributed by atoms with Gasteiger partial charge in [-0.25, -0.2) is 18.4 Å². The number of sulfonamides is 1. The van der Waals surface area contributed by atoms with Crippen molar-refractivity contribution in [3.63, 3.8) is 0 Å². The zero-order valence-electron chi connectivity index (χ0n) is 16.0. The highest BCUT2D eigenvalue weighted by Gasteiger charge is 2.32. The van der Waals surface area contributed by atoms with Crippen LogP contribution in [0.25, 0.3) is 21.3 Å². The van der Waals surface area contributed by atoms with E-state index in [1.165, 1.54) is 15.6 Å². The van der Waals surface area contributed by atoms with Gasteiger partial charge < -0.3 is 4.84 Å². The molecule has 0 aromatic carbocycles. The normalized spacial score (nSPS) is 15.1. The van der Waals surface area contributed by atoms with Crippen LogP contribution in [0.1, 0.15) is 12.1 Å². The van der Waals surface area contributed by atoms with Crippen molar-refractivity contribution in [2.24, 2.45) is 5.16 Å². The SMILES string of the molecule is C=CCO/N=C1\CCN(S(C)(=O)=O)c2nnc(-c3cnc(-c4cccnc4)s3)nc21. The van der Waals surface area contributed by atoms with Gasteiger partial charge in [-0.2, -0.15) is 0 Å². The smallest absolute Gasteiger partial charge is 0.233 e. The Morgan fingerprint density at radius 1 is 1.37 bits per heavy atom. The molecule has 0 fully saturated rings. The molecule has 1 aliphatic heterocycles. The summed E-state index contributed by atoms with van der Waals surface area (Å²) < 4.78 is 25.5. The molecule has 0 saturated carbocycles. The Bertz CT molecular complexity index is 1210. The van der Waals surface area contributed by atoms with Crippen LogP contribution in [0.5, 0.6) is 0 Å². The summed E-state index contributed by atoms with van der Waals surface area (Å²) in [6.07, 6.45) is 8.08. The van der Waals surface area contributed by atoms with E-state index in [0.717, 1.165) is 16.8 Å². The molecule has 0 amide bonds. The first kappa shape index (κ1) is 20.0. The minimum atomic E-state index is -3.54. The monoisotopic (exact) mass is 443 g/mol. The molecule has 154 valence electrons. The Hall–Kier alpha value is -3.25. The van der Waals surface area contributed by atoms with Crippen LogP contribution in [0.3, 0.4) is 0 Å². The van der Waals surface area contributed by atoms with Crippen LogP contribution in [0.15, 0.2) is 48.5 Å². The third-order valence-electron chi connectivity index (χ3n) is 4.13. The second kappa shape index (κ2) is 8.24. The number of nitrogens with zero attached hydrogens (tertiary/aromatic N) is 7. The van der Waals surface area contributed by atoms with Gasteiger partial charge in [0.05, 0.1) is 11.1 Å². The summed E-state index contributed by atoms with van der Waals surface area (Å²) in [5, 5.41) is 13.1. The van der Waals surface area contributed by atoms with Crippen LogP contribution in [0, 0.1) is 0 Å². The molecular weight excluding hydrogens is 426 g/mol. The van der Waals surface area contributed by atoms with Crippen LogP contribution in [0.2, 0.25) is 0 Å². The van der Waals surface area contributed by atoms with Crippen molar-refractivity contribution in [1.82, 2.24) is 25.1 Å². The number of fused-ring (bicyclic) bond motifs is 1. The fourth-order valence-electron chi connectivity index (χ4n) is 2.80. The van der Waals surface area contributed by atoms with Gasteiger partial charge in [0.1, 0.15) is 23.0 Å². The third-order valence-corrected chi connectivity index (χ3v) is 6.33. The molecule has 0 spiro atoms. The van der Waals surface area contributed by atoms with E-state index >= 15 is 0 Å². The van der Waals surface area contributed by atoms with Gasteiger partial charge in [0.25, 0.3) is 0 Å². The van der Waals surface area contributed by atoms with E-state index in [1.807, 2.05) is 12.1 Å². The highest BCUT2D eigenvalue weighted by molar-refractivity contribution is 7.92. The van der Waals surface area contributed by atoms with Crippen LogP contribution in [-0.2, 0) is 14.9 Å². The molecule has 12 heteroatoms. The van der Waals surface area contributed by atoms with Gasteiger partial charge in [-0.15, -0.1) is 21.5 Å². The van der Waals surface area contributed by atoms with Crippen LogP contribution >= 0.6 is 11.3 Å². The molecule has 4 rings (SSSR count). The maximum absolute atomic E-state index is 12.2. The number of rotatable bonds is 6. The van der Waals surface area contributed by atoms with Crippen molar-refractivity contribution in [2.75, 3.05) is 23.7 Å². The Labute approximate surface area is 177 Å². The lowest BCUT2D eigenvalue weighted by molar-refractivity contribution is 0.174. The van der Waals surface area contributed by atoms with Crippen molar-refractivity contribution in [3.05, 3.63) is 49.1 Å².